The fourth-order valence-corrected chi connectivity index (χ4v) is 2.48. The van der Waals surface area contributed by atoms with E-state index < -0.39 is 24.4 Å². The molecule has 1 heterocycles. The number of benzene rings is 1. The van der Waals surface area contributed by atoms with Gasteiger partial charge in [-0.1, -0.05) is 31.5 Å². The molecule has 0 aromatic heterocycles. The number of carbonyl (C=O) groups is 4. The van der Waals surface area contributed by atoms with E-state index in [0.717, 1.165) is 20.9 Å². The quantitative estimate of drug-likeness (QED) is 0.472. The summed E-state index contributed by atoms with van der Waals surface area (Å²) in [7, 11) is 0. The van der Waals surface area contributed by atoms with Gasteiger partial charge in [-0.2, -0.15) is 0 Å². The Bertz CT molecular complexity index is 694. The summed E-state index contributed by atoms with van der Waals surface area (Å²) in [5.41, 5.74) is 2.14. The lowest BCUT2D eigenvalue weighted by Crippen LogP contribution is -2.38. The highest BCUT2D eigenvalue weighted by atomic mass is 16.2. The Morgan fingerprint density at radius 3 is 2.26 bits per heavy atom. The normalized spacial score (nSPS) is 15.1. The van der Waals surface area contributed by atoms with E-state index in [1.165, 1.54) is 0 Å². The van der Waals surface area contributed by atoms with Crippen molar-refractivity contribution in [3.8, 4) is 0 Å². The molecule has 6 heteroatoms. The molecule has 1 aliphatic rings. The minimum absolute atomic E-state index is 0.0466. The maximum Gasteiger partial charge on any atom is 0.334 e. The summed E-state index contributed by atoms with van der Waals surface area (Å²) >= 11 is 0. The smallest absolute Gasteiger partial charge is 0.292 e. The third kappa shape index (κ3) is 3.31. The van der Waals surface area contributed by atoms with Crippen molar-refractivity contribution < 1.29 is 19.2 Å². The Kier molecular flexibility index (Phi) is 4.63. The fraction of sp³-hybridized carbons (Fsp3) is 0.412. The van der Waals surface area contributed by atoms with Crippen LogP contribution in [0.25, 0.3) is 0 Å². The van der Waals surface area contributed by atoms with Gasteiger partial charge < -0.3 is 0 Å². The molecule has 1 aromatic carbocycles. The number of nitrogens with zero attached hydrogens (tertiary/aromatic N) is 2. The summed E-state index contributed by atoms with van der Waals surface area (Å²) in [5.74, 6) is -2.11. The van der Waals surface area contributed by atoms with Gasteiger partial charge in [-0.05, 0) is 31.4 Å². The molecule has 0 saturated carbocycles. The van der Waals surface area contributed by atoms with Gasteiger partial charge in [0.1, 0.15) is 0 Å². The van der Waals surface area contributed by atoms with Crippen molar-refractivity contribution in [1.82, 2.24) is 9.80 Å². The Morgan fingerprint density at radius 1 is 1.04 bits per heavy atom. The van der Waals surface area contributed by atoms with Gasteiger partial charge in [-0.25, -0.2) is 9.69 Å². The number of urea groups is 1. The lowest BCUT2D eigenvalue weighted by Gasteiger charge is -2.17. The topological polar surface area (TPSA) is 74.8 Å². The molecule has 6 nitrogen and oxygen atoms in total. The molecule has 1 aromatic rings. The highest BCUT2D eigenvalue weighted by Gasteiger charge is 2.45. The largest absolute Gasteiger partial charge is 0.334 e. The SMILES string of the molecule is Cc1ccc(C)c(C(=O)CN2C(=O)C(=O)N(CC(C)C)C2=O)c1. The van der Waals surface area contributed by atoms with Gasteiger partial charge in [0.05, 0.1) is 6.54 Å². The molecule has 0 atom stereocenters. The average Bonchev–Trinajstić information content (AvgIpc) is 2.67. The molecule has 0 N–H and O–H groups in total. The number of imide groups is 2. The fourth-order valence-electron chi connectivity index (χ4n) is 2.48. The number of hydrogen-bond donors (Lipinski definition) is 0. The van der Waals surface area contributed by atoms with Crippen LogP contribution >= 0.6 is 0 Å². The number of aryl methyl sites for hydroxylation is 2. The minimum Gasteiger partial charge on any atom is -0.292 e. The van der Waals surface area contributed by atoms with Crippen LogP contribution in [0.15, 0.2) is 18.2 Å². The standard InChI is InChI=1S/C17H20N2O4/c1-10(2)8-18-15(21)16(22)19(17(18)23)9-14(20)13-7-11(3)5-6-12(13)4/h5-7,10H,8-9H2,1-4H3. The number of Topliss-reactive ketones (excluding diaryl/α,β-unsaturated/α-hetero) is 1. The molecule has 0 aliphatic carbocycles. The predicted molar refractivity (Wildman–Crippen MR) is 83.9 cm³/mol. The first kappa shape index (κ1) is 16.9. The highest BCUT2D eigenvalue weighted by Crippen LogP contribution is 2.17. The number of ketones is 1. The molecule has 0 unspecified atom stereocenters. The zero-order chi connectivity index (χ0) is 17.3. The number of amides is 4. The van der Waals surface area contributed by atoms with Crippen LogP contribution in [0.3, 0.4) is 0 Å². The first-order valence-corrected chi connectivity index (χ1v) is 7.50. The van der Waals surface area contributed by atoms with E-state index in [9.17, 15) is 19.2 Å². The van der Waals surface area contributed by atoms with Gasteiger partial charge in [-0.15, -0.1) is 0 Å². The molecule has 0 spiro atoms. The van der Waals surface area contributed by atoms with Crippen LogP contribution in [0, 0.1) is 19.8 Å². The van der Waals surface area contributed by atoms with E-state index in [1.54, 1.807) is 13.0 Å². The summed E-state index contributed by atoms with van der Waals surface area (Å²) < 4.78 is 0. The van der Waals surface area contributed by atoms with Gasteiger partial charge in [0.25, 0.3) is 0 Å². The minimum atomic E-state index is -0.936. The molecule has 23 heavy (non-hydrogen) atoms. The second-order valence-corrected chi connectivity index (χ2v) is 6.23. The van der Waals surface area contributed by atoms with E-state index in [4.69, 9.17) is 0 Å². The van der Waals surface area contributed by atoms with Crippen molar-refractivity contribution in [2.24, 2.45) is 5.92 Å². The maximum absolute atomic E-state index is 12.4. The monoisotopic (exact) mass is 316 g/mol. The third-order valence-electron chi connectivity index (χ3n) is 3.68. The summed E-state index contributed by atoms with van der Waals surface area (Å²) in [6.45, 7) is 7.08. The summed E-state index contributed by atoms with van der Waals surface area (Å²) in [4.78, 5) is 50.2. The van der Waals surface area contributed by atoms with Gasteiger partial charge in [0.2, 0.25) is 0 Å². The first-order valence-electron chi connectivity index (χ1n) is 7.50. The second-order valence-electron chi connectivity index (χ2n) is 6.23. The molecule has 4 amide bonds. The zero-order valence-electron chi connectivity index (χ0n) is 13.8. The molecular weight excluding hydrogens is 296 g/mol. The van der Waals surface area contributed by atoms with Gasteiger partial charge in [0, 0.05) is 12.1 Å². The van der Waals surface area contributed by atoms with Crippen LogP contribution in [-0.2, 0) is 9.59 Å². The number of hydrogen-bond acceptors (Lipinski definition) is 4. The molecule has 1 aliphatic heterocycles. The van der Waals surface area contributed by atoms with Crippen LogP contribution < -0.4 is 0 Å². The van der Waals surface area contributed by atoms with Gasteiger partial charge >= 0.3 is 17.8 Å². The summed E-state index contributed by atoms with van der Waals surface area (Å²) in [5, 5.41) is 0. The predicted octanol–water partition coefficient (Wildman–Crippen LogP) is 1.93. The Balaban J connectivity index is 2.21. The number of carbonyl (C=O) groups excluding carboxylic acids is 4. The molecule has 1 saturated heterocycles. The lowest BCUT2D eigenvalue weighted by atomic mass is 10.0. The van der Waals surface area contributed by atoms with Crippen LogP contribution in [0.4, 0.5) is 4.79 Å². The van der Waals surface area contributed by atoms with Gasteiger partial charge in [-0.3, -0.25) is 19.3 Å². The van der Waals surface area contributed by atoms with Crippen LogP contribution in [0.2, 0.25) is 0 Å². The summed E-state index contributed by atoms with van der Waals surface area (Å²) in [6.07, 6.45) is 0. The molecule has 1 fully saturated rings. The van der Waals surface area contributed by atoms with Crippen LogP contribution in [-0.4, -0.2) is 46.5 Å². The Morgan fingerprint density at radius 2 is 1.65 bits per heavy atom. The number of rotatable bonds is 5. The van der Waals surface area contributed by atoms with Crippen LogP contribution in [0.1, 0.15) is 35.3 Å². The molecular formula is C17H20N2O4. The van der Waals surface area contributed by atoms with E-state index in [2.05, 4.69) is 0 Å². The Hall–Kier alpha value is -2.50. The lowest BCUT2D eigenvalue weighted by molar-refractivity contribution is -0.143. The average molecular weight is 316 g/mol. The van der Waals surface area contributed by atoms with Crippen LogP contribution in [0.5, 0.6) is 0 Å². The first-order chi connectivity index (χ1) is 10.7. The van der Waals surface area contributed by atoms with Crippen molar-refractivity contribution in [1.29, 1.82) is 0 Å². The van der Waals surface area contributed by atoms with Gasteiger partial charge in [0.15, 0.2) is 5.78 Å². The molecule has 2 rings (SSSR count). The summed E-state index contributed by atoms with van der Waals surface area (Å²) in [6, 6.07) is 4.70. The molecule has 122 valence electrons. The van der Waals surface area contributed by atoms with Crippen molar-refractivity contribution in [3.05, 3.63) is 34.9 Å². The third-order valence-corrected chi connectivity index (χ3v) is 3.68. The highest BCUT2D eigenvalue weighted by molar-refractivity contribution is 6.45. The van der Waals surface area contributed by atoms with E-state index in [-0.39, 0.29) is 18.2 Å². The van der Waals surface area contributed by atoms with Crippen molar-refractivity contribution >= 4 is 23.6 Å². The van der Waals surface area contributed by atoms with Crippen molar-refractivity contribution in [3.63, 3.8) is 0 Å². The molecule has 0 bridgehead atoms. The second kappa shape index (κ2) is 6.32. The van der Waals surface area contributed by atoms with Crippen molar-refractivity contribution in [2.75, 3.05) is 13.1 Å². The van der Waals surface area contributed by atoms with E-state index in [0.29, 0.717) is 5.56 Å². The Labute approximate surface area is 135 Å². The van der Waals surface area contributed by atoms with E-state index in [1.807, 2.05) is 32.9 Å². The maximum atomic E-state index is 12.4. The van der Waals surface area contributed by atoms with E-state index >= 15 is 0 Å². The zero-order valence-corrected chi connectivity index (χ0v) is 13.8. The molecule has 0 radical (unpaired) electrons. The van der Waals surface area contributed by atoms with Crippen molar-refractivity contribution in [2.45, 2.75) is 27.7 Å².